The summed E-state index contributed by atoms with van der Waals surface area (Å²) >= 11 is 0. The third-order valence-electron chi connectivity index (χ3n) is 3.88. The zero-order valence-corrected chi connectivity index (χ0v) is 13.2. The van der Waals surface area contributed by atoms with Crippen molar-refractivity contribution in [2.45, 2.75) is 39.2 Å². The number of piperidine rings is 1. The average molecular weight is 277 g/mol. The van der Waals surface area contributed by atoms with E-state index in [1.165, 1.54) is 19.4 Å². The number of anilines is 2. The molecule has 1 atom stereocenters. The lowest BCUT2D eigenvalue weighted by Gasteiger charge is -2.36. The molecule has 20 heavy (non-hydrogen) atoms. The van der Waals surface area contributed by atoms with Crippen molar-refractivity contribution in [1.29, 1.82) is 0 Å². The molecule has 0 amide bonds. The number of hydrogen-bond donors (Lipinski definition) is 1. The van der Waals surface area contributed by atoms with Gasteiger partial charge in [-0.15, -0.1) is 0 Å². The summed E-state index contributed by atoms with van der Waals surface area (Å²) in [6, 6.07) is 2.62. The minimum atomic E-state index is 0.544. The van der Waals surface area contributed by atoms with Crippen LogP contribution in [0.2, 0.25) is 0 Å². The lowest BCUT2D eigenvalue weighted by molar-refractivity contribution is 0.247. The first-order valence-corrected chi connectivity index (χ1v) is 7.61. The fraction of sp³-hybridized carbons (Fsp3) is 0.733. The lowest BCUT2D eigenvalue weighted by Crippen LogP contribution is -2.45. The molecular weight excluding hydrogens is 250 g/mol. The van der Waals surface area contributed by atoms with Gasteiger partial charge in [-0.25, -0.2) is 4.98 Å². The molecule has 1 saturated heterocycles. The number of nitrogens with zero attached hydrogens (tertiary/aromatic N) is 4. The van der Waals surface area contributed by atoms with E-state index in [4.69, 9.17) is 0 Å². The Balaban J connectivity index is 2.11. The van der Waals surface area contributed by atoms with Gasteiger partial charge in [-0.2, -0.15) is 4.98 Å². The molecule has 1 N–H and O–H groups in total. The predicted molar refractivity (Wildman–Crippen MR) is 84.5 cm³/mol. The second-order valence-electron chi connectivity index (χ2n) is 5.79. The van der Waals surface area contributed by atoms with Gasteiger partial charge in [-0.1, -0.05) is 6.92 Å². The molecule has 0 aromatic carbocycles. The second kappa shape index (κ2) is 6.88. The van der Waals surface area contributed by atoms with Crippen molar-refractivity contribution in [3.05, 3.63) is 11.8 Å². The van der Waals surface area contributed by atoms with Gasteiger partial charge >= 0.3 is 0 Å². The molecule has 0 spiro atoms. The summed E-state index contributed by atoms with van der Waals surface area (Å²) in [7, 11) is 4.34. The number of hydrogen-bond acceptors (Lipinski definition) is 5. The van der Waals surface area contributed by atoms with Crippen LogP contribution in [0.15, 0.2) is 6.07 Å². The number of nitrogens with one attached hydrogen (secondary N) is 1. The zero-order chi connectivity index (χ0) is 14.5. The van der Waals surface area contributed by atoms with Gasteiger partial charge in [0, 0.05) is 37.9 Å². The Morgan fingerprint density at radius 2 is 2.25 bits per heavy atom. The molecule has 112 valence electrons. The van der Waals surface area contributed by atoms with Gasteiger partial charge in [0.05, 0.1) is 0 Å². The standard InChI is InChI=1S/C15H27N5/c1-5-8-16-15-17-12(2)10-14(18-15)20(4)13-7-6-9-19(3)11-13/h10,13H,5-9,11H2,1-4H3,(H,16,17,18). The van der Waals surface area contributed by atoms with E-state index < -0.39 is 0 Å². The molecule has 5 nitrogen and oxygen atoms in total. The summed E-state index contributed by atoms with van der Waals surface area (Å²) < 4.78 is 0. The number of rotatable bonds is 5. The van der Waals surface area contributed by atoms with E-state index >= 15 is 0 Å². The van der Waals surface area contributed by atoms with Gasteiger partial charge in [-0.05, 0) is 39.8 Å². The maximum Gasteiger partial charge on any atom is 0.224 e. The summed E-state index contributed by atoms with van der Waals surface area (Å²) in [5.74, 6) is 1.77. The van der Waals surface area contributed by atoms with Crippen molar-refractivity contribution >= 4 is 11.8 Å². The van der Waals surface area contributed by atoms with Crippen molar-refractivity contribution < 1.29 is 0 Å². The molecule has 5 heteroatoms. The SMILES string of the molecule is CCCNc1nc(C)cc(N(C)C2CCCN(C)C2)n1. The maximum absolute atomic E-state index is 4.66. The van der Waals surface area contributed by atoms with Crippen LogP contribution >= 0.6 is 0 Å². The third-order valence-corrected chi connectivity index (χ3v) is 3.88. The number of aromatic nitrogens is 2. The maximum atomic E-state index is 4.66. The molecule has 1 unspecified atom stereocenters. The smallest absolute Gasteiger partial charge is 0.224 e. The Kier molecular flexibility index (Phi) is 5.17. The normalized spacial score (nSPS) is 19.9. The van der Waals surface area contributed by atoms with E-state index in [0.29, 0.717) is 6.04 Å². The third kappa shape index (κ3) is 3.82. The van der Waals surface area contributed by atoms with E-state index in [1.807, 2.05) is 6.92 Å². The molecule has 2 rings (SSSR count). The first kappa shape index (κ1) is 15.0. The number of likely N-dealkylation sites (N-methyl/N-ethyl adjacent to an activating group) is 2. The molecule has 1 aromatic heterocycles. The molecule has 0 radical (unpaired) electrons. The summed E-state index contributed by atoms with van der Waals surface area (Å²) in [6.07, 6.45) is 3.58. The molecular formula is C15H27N5. The van der Waals surface area contributed by atoms with Crippen molar-refractivity contribution in [2.24, 2.45) is 0 Å². The van der Waals surface area contributed by atoms with Crippen LogP contribution in [0.1, 0.15) is 31.9 Å². The van der Waals surface area contributed by atoms with Crippen molar-refractivity contribution in [2.75, 3.05) is 43.9 Å². The summed E-state index contributed by atoms with van der Waals surface area (Å²) in [5.41, 5.74) is 1.02. The summed E-state index contributed by atoms with van der Waals surface area (Å²) in [5, 5.41) is 3.28. The largest absolute Gasteiger partial charge is 0.355 e. The van der Waals surface area contributed by atoms with Crippen LogP contribution in [-0.4, -0.2) is 54.6 Å². The number of likely N-dealkylation sites (tertiary alicyclic amines) is 1. The van der Waals surface area contributed by atoms with Gasteiger partial charge in [-0.3, -0.25) is 0 Å². The molecule has 1 aliphatic heterocycles. The predicted octanol–water partition coefficient (Wildman–Crippen LogP) is 2.14. The first-order valence-electron chi connectivity index (χ1n) is 7.61. The molecule has 0 aliphatic carbocycles. The average Bonchev–Trinajstić information content (AvgIpc) is 2.43. The van der Waals surface area contributed by atoms with Gasteiger partial charge < -0.3 is 15.1 Å². The van der Waals surface area contributed by atoms with Crippen LogP contribution in [0.3, 0.4) is 0 Å². The van der Waals surface area contributed by atoms with Crippen LogP contribution in [0.5, 0.6) is 0 Å². The van der Waals surface area contributed by atoms with E-state index in [0.717, 1.165) is 37.0 Å². The molecule has 1 fully saturated rings. The van der Waals surface area contributed by atoms with E-state index in [9.17, 15) is 0 Å². The van der Waals surface area contributed by atoms with Crippen LogP contribution in [0.4, 0.5) is 11.8 Å². The summed E-state index contributed by atoms with van der Waals surface area (Å²) in [4.78, 5) is 13.8. The first-order chi connectivity index (χ1) is 9.60. The van der Waals surface area contributed by atoms with Crippen LogP contribution in [-0.2, 0) is 0 Å². The van der Waals surface area contributed by atoms with Crippen molar-refractivity contribution in [3.8, 4) is 0 Å². The Morgan fingerprint density at radius 1 is 1.45 bits per heavy atom. The Hall–Kier alpha value is -1.36. The molecule has 0 bridgehead atoms. The monoisotopic (exact) mass is 277 g/mol. The fourth-order valence-corrected chi connectivity index (χ4v) is 2.69. The Bertz CT molecular complexity index is 434. The highest BCUT2D eigenvalue weighted by Gasteiger charge is 2.22. The van der Waals surface area contributed by atoms with Crippen molar-refractivity contribution in [3.63, 3.8) is 0 Å². The van der Waals surface area contributed by atoms with Crippen molar-refractivity contribution in [1.82, 2.24) is 14.9 Å². The Morgan fingerprint density at radius 3 is 2.95 bits per heavy atom. The van der Waals surface area contributed by atoms with Gasteiger partial charge in [0.1, 0.15) is 5.82 Å². The molecule has 0 saturated carbocycles. The van der Waals surface area contributed by atoms with Gasteiger partial charge in [0.25, 0.3) is 0 Å². The van der Waals surface area contributed by atoms with Gasteiger partial charge in [0.15, 0.2) is 0 Å². The zero-order valence-electron chi connectivity index (χ0n) is 13.2. The van der Waals surface area contributed by atoms with Crippen LogP contribution in [0, 0.1) is 6.92 Å². The van der Waals surface area contributed by atoms with E-state index in [-0.39, 0.29) is 0 Å². The highest BCUT2D eigenvalue weighted by atomic mass is 15.3. The van der Waals surface area contributed by atoms with Gasteiger partial charge in [0.2, 0.25) is 5.95 Å². The highest BCUT2D eigenvalue weighted by molar-refractivity contribution is 5.45. The molecule has 1 aromatic rings. The molecule has 2 heterocycles. The van der Waals surface area contributed by atoms with Crippen LogP contribution < -0.4 is 10.2 Å². The Labute approximate surface area is 122 Å². The summed E-state index contributed by atoms with van der Waals surface area (Å²) in [6.45, 7) is 7.41. The fourth-order valence-electron chi connectivity index (χ4n) is 2.69. The minimum absolute atomic E-state index is 0.544. The quantitative estimate of drug-likeness (QED) is 0.893. The minimum Gasteiger partial charge on any atom is -0.355 e. The number of aryl methyl sites for hydroxylation is 1. The second-order valence-corrected chi connectivity index (χ2v) is 5.79. The van der Waals surface area contributed by atoms with E-state index in [2.05, 4.69) is 52.2 Å². The van der Waals surface area contributed by atoms with E-state index in [1.54, 1.807) is 0 Å². The topological polar surface area (TPSA) is 44.3 Å². The molecule has 1 aliphatic rings. The lowest BCUT2D eigenvalue weighted by atomic mass is 10.1. The highest BCUT2D eigenvalue weighted by Crippen LogP contribution is 2.21. The van der Waals surface area contributed by atoms with Crippen LogP contribution in [0.25, 0.3) is 0 Å².